The van der Waals surface area contributed by atoms with Crippen molar-refractivity contribution in [1.29, 1.82) is 0 Å². The third kappa shape index (κ3) is 1.58. The van der Waals surface area contributed by atoms with Crippen molar-refractivity contribution >= 4 is 23.6 Å². The Balaban J connectivity index is 2.55. The van der Waals surface area contributed by atoms with Crippen LogP contribution in [0.3, 0.4) is 0 Å². The SMILES string of the molecule is Cc1ccc(-c2csc(=S)n2[O-])cc1. The van der Waals surface area contributed by atoms with Gasteiger partial charge in [0.1, 0.15) is 0 Å². The fraction of sp³-hybridized carbons (Fsp3) is 0.100. The molecule has 0 saturated heterocycles. The molecule has 0 unspecified atom stereocenters. The summed E-state index contributed by atoms with van der Waals surface area (Å²) >= 11 is 6.16. The number of hydrogen-bond donors (Lipinski definition) is 0. The van der Waals surface area contributed by atoms with Crippen molar-refractivity contribution in [3.8, 4) is 11.3 Å². The molecule has 0 bridgehead atoms. The van der Waals surface area contributed by atoms with Crippen LogP contribution in [0.4, 0.5) is 0 Å². The lowest BCUT2D eigenvalue weighted by Crippen LogP contribution is -1.88. The first kappa shape index (κ1) is 9.43. The Bertz CT molecular complexity index is 496. The molecule has 1 aromatic carbocycles. The minimum absolute atomic E-state index is 0.362. The highest BCUT2D eigenvalue weighted by Crippen LogP contribution is 2.23. The first-order chi connectivity index (χ1) is 6.68. The van der Waals surface area contributed by atoms with E-state index in [-0.39, 0.29) is 0 Å². The Labute approximate surface area is 91.0 Å². The summed E-state index contributed by atoms with van der Waals surface area (Å²) < 4.78 is 1.16. The molecule has 0 saturated carbocycles. The van der Waals surface area contributed by atoms with Crippen LogP contribution in [0.25, 0.3) is 11.3 Å². The molecule has 0 spiro atoms. The molecule has 0 aliphatic carbocycles. The van der Waals surface area contributed by atoms with Crippen molar-refractivity contribution in [2.45, 2.75) is 6.92 Å². The molecule has 14 heavy (non-hydrogen) atoms. The van der Waals surface area contributed by atoms with Gasteiger partial charge in [0, 0.05) is 5.38 Å². The van der Waals surface area contributed by atoms with Crippen LogP contribution in [0.5, 0.6) is 0 Å². The molecule has 2 aromatic rings. The Hall–Kier alpha value is -1.13. The second-order valence-corrected chi connectivity index (χ2v) is 4.55. The summed E-state index contributed by atoms with van der Waals surface area (Å²) in [5.41, 5.74) is 2.73. The van der Waals surface area contributed by atoms with Gasteiger partial charge in [-0.3, -0.25) is 0 Å². The lowest BCUT2D eigenvalue weighted by Gasteiger charge is -2.11. The normalized spacial score (nSPS) is 10.4. The van der Waals surface area contributed by atoms with E-state index in [2.05, 4.69) is 0 Å². The van der Waals surface area contributed by atoms with Crippen molar-refractivity contribution in [3.05, 3.63) is 44.4 Å². The van der Waals surface area contributed by atoms with Crippen LogP contribution in [0, 0.1) is 16.1 Å². The predicted octanol–water partition coefficient (Wildman–Crippen LogP) is 3.60. The Morgan fingerprint density at radius 3 is 2.43 bits per heavy atom. The fourth-order valence-electron chi connectivity index (χ4n) is 1.21. The number of nitrogens with zero attached hydrogens (tertiary/aromatic N) is 1. The smallest absolute Gasteiger partial charge is 0.156 e. The molecule has 1 heterocycles. The second-order valence-electron chi connectivity index (χ2n) is 3.05. The van der Waals surface area contributed by atoms with Gasteiger partial charge in [-0.25, -0.2) is 0 Å². The average molecular weight is 222 g/mol. The van der Waals surface area contributed by atoms with E-state index < -0.39 is 0 Å². The summed E-state index contributed by atoms with van der Waals surface area (Å²) in [4.78, 5) is 0. The number of aromatic nitrogens is 1. The summed E-state index contributed by atoms with van der Waals surface area (Å²) in [6, 6.07) is 7.83. The fourth-order valence-corrected chi connectivity index (χ4v) is 2.09. The third-order valence-corrected chi connectivity index (χ3v) is 3.17. The Kier molecular flexibility index (Phi) is 2.39. The number of aryl methyl sites for hydroxylation is 1. The standard InChI is InChI=1S/C10H8NOS2/c1-7-2-4-8(5-3-7)9-6-14-10(13)11(9)12/h2-6H,1H3/q-1. The summed E-state index contributed by atoms with van der Waals surface area (Å²) in [6.07, 6.45) is 0. The molecule has 0 fully saturated rings. The van der Waals surface area contributed by atoms with Crippen LogP contribution in [0.2, 0.25) is 0 Å². The minimum Gasteiger partial charge on any atom is -0.804 e. The van der Waals surface area contributed by atoms with Crippen molar-refractivity contribution in [3.63, 3.8) is 0 Å². The molecule has 0 amide bonds. The maximum absolute atomic E-state index is 11.5. The quantitative estimate of drug-likeness (QED) is 0.689. The van der Waals surface area contributed by atoms with E-state index in [0.29, 0.717) is 9.65 Å². The van der Waals surface area contributed by atoms with Crippen molar-refractivity contribution in [2.24, 2.45) is 0 Å². The van der Waals surface area contributed by atoms with E-state index in [1.807, 2.05) is 31.2 Å². The number of benzene rings is 1. The molecule has 0 N–H and O–H groups in total. The molecule has 1 aromatic heterocycles. The molecular formula is C10H8NOS2-. The summed E-state index contributed by atoms with van der Waals surface area (Å²) in [6.45, 7) is 2.02. The lowest BCUT2D eigenvalue weighted by molar-refractivity contribution is 1.10. The van der Waals surface area contributed by atoms with Gasteiger partial charge < -0.3 is 9.94 Å². The molecular weight excluding hydrogens is 214 g/mol. The number of rotatable bonds is 1. The zero-order chi connectivity index (χ0) is 10.1. The van der Waals surface area contributed by atoms with Gasteiger partial charge in [-0.15, -0.1) is 11.3 Å². The minimum atomic E-state index is 0.362. The summed E-state index contributed by atoms with van der Waals surface area (Å²) in [7, 11) is 0. The maximum atomic E-state index is 11.5. The highest BCUT2D eigenvalue weighted by atomic mass is 32.1. The van der Waals surface area contributed by atoms with Gasteiger partial charge >= 0.3 is 0 Å². The van der Waals surface area contributed by atoms with Crippen LogP contribution < -0.4 is 0 Å². The zero-order valence-electron chi connectivity index (χ0n) is 7.56. The molecule has 0 aliphatic rings. The molecule has 2 nitrogen and oxygen atoms in total. The number of hydrogen-bond acceptors (Lipinski definition) is 3. The molecule has 2 rings (SSSR count). The maximum Gasteiger partial charge on any atom is 0.156 e. The summed E-state index contributed by atoms with van der Waals surface area (Å²) in [5.74, 6) is 0. The monoisotopic (exact) mass is 222 g/mol. The predicted molar refractivity (Wildman–Crippen MR) is 62.1 cm³/mol. The largest absolute Gasteiger partial charge is 0.804 e. The van der Waals surface area contributed by atoms with Crippen molar-refractivity contribution < 1.29 is 0 Å². The first-order valence-corrected chi connectivity index (χ1v) is 5.42. The van der Waals surface area contributed by atoms with E-state index in [4.69, 9.17) is 12.2 Å². The Morgan fingerprint density at radius 2 is 1.93 bits per heavy atom. The third-order valence-electron chi connectivity index (χ3n) is 2.00. The zero-order valence-corrected chi connectivity index (χ0v) is 9.19. The van der Waals surface area contributed by atoms with Crippen molar-refractivity contribution in [2.75, 3.05) is 0 Å². The van der Waals surface area contributed by atoms with E-state index in [1.54, 1.807) is 5.38 Å². The van der Waals surface area contributed by atoms with Crippen LogP contribution in [0.15, 0.2) is 29.6 Å². The highest BCUT2D eigenvalue weighted by molar-refractivity contribution is 7.73. The van der Waals surface area contributed by atoms with E-state index >= 15 is 0 Å². The van der Waals surface area contributed by atoms with Crippen LogP contribution in [-0.4, -0.2) is 4.73 Å². The molecule has 72 valence electrons. The number of thiazole rings is 1. The van der Waals surface area contributed by atoms with Crippen LogP contribution in [-0.2, 0) is 0 Å². The lowest BCUT2D eigenvalue weighted by atomic mass is 10.1. The van der Waals surface area contributed by atoms with Gasteiger partial charge in [0.05, 0.1) is 5.69 Å². The van der Waals surface area contributed by atoms with Gasteiger partial charge in [0.15, 0.2) is 3.95 Å². The highest BCUT2D eigenvalue weighted by Gasteiger charge is 2.00. The van der Waals surface area contributed by atoms with Crippen LogP contribution >= 0.6 is 23.6 Å². The second kappa shape index (κ2) is 3.55. The van der Waals surface area contributed by atoms with Gasteiger partial charge in [-0.2, -0.15) is 0 Å². The first-order valence-electron chi connectivity index (χ1n) is 4.13. The topological polar surface area (TPSA) is 28.0 Å². The molecule has 4 heteroatoms. The van der Waals surface area contributed by atoms with Crippen LogP contribution in [0.1, 0.15) is 5.56 Å². The molecule has 0 aliphatic heterocycles. The van der Waals surface area contributed by atoms with E-state index in [0.717, 1.165) is 10.3 Å². The van der Waals surface area contributed by atoms with Gasteiger partial charge in [0.25, 0.3) is 0 Å². The average Bonchev–Trinajstić information content (AvgIpc) is 2.50. The van der Waals surface area contributed by atoms with E-state index in [9.17, 15) is 5.21 Å². The van der Waals surface area contributed by atoms with E-state index in [1.165, 1.54) is 16.9 Å². The molecule has 0 radical (unpaired) electrons. The van der Waals surface area contributed by atoms with Crippen molar-refractivity contribution in [1.82, 2.24) is 4.73 Å². The van der Waals surface area contributed by atoms with Gasteiger partial charge in [-0.05, 0) is 24.7 Å². The Morgan fingerprint density at radius 1 is 1.29 bits per heavy atom. The van der Waals surface area contributed by atoms with Gasteiger partial charge in [-0.1, -0.05) is 29.8 Å². The van der Waals surface area contributed by atoms with Gasteiger partial charge in [0.2, 0.25) is 0 Å². The molecule has 0 atom stereocenters. The summed E-state index contributed by atoms with van der Waals surface area (Å²) in [5, 5.41) is 13.3.